The van der Waals surface area contributed by atoms with E-state index in [-0.39, 0.29) is 11.2 Å². The SMILES string of the molecule is Cc1nc2ccccc2c2ccc(NCCCCCn3ccc(=O)[nH]c3=O)cc12. The molecule has 0 unspecified atom stereocenters. The number of H-pyrrole nitrogens is 1. The Balaban J connectivity index is 1.34. The molecule has 6 heteroatoms. The maximum Gasteiger partial charge on any atom is 0.328 e. The van der Waals surface area contributed by atoms with Crippen LogP contribution in [0.4, 0.5) is 5.69 Å². The molecule has 0 saturated carbocycles. The number of aromatic nitrogens is 3. The molecule has 6 nitrogen and oxygen atoms in total. The fraction of sp³-hybridized carbons (Fsp3) is 0.261. The first kappa shape index (κ1) is 18.9. The van der Waals surface area contributed by atoms with E-state index in [0.717, 1.165) is 42.7 Å². The summed E-state index contributed by atoms with van der Waals surface area (Å²) in [6, 6.07) is 16.1. The van der Waals surface area contributed by atoms with Gasteiger partial charge in [-0.25, -0.2) is 4.79 Å². The van der Waals surface area contributed by atoms with Crippen molar-refractivity contribution < 1.29 is 0 Å². The minimum Gasteiger partial charge on any atom is -0.385 e. The average molecular weight is 388 g/mol. The van der Waals surface area contributed by atoms with Crippen LogP contribution < -0.4 is 16.6 Å². The molecule has 0 aliphatic heterocycles. The summed E-state index contributed by atoms with van der Waals surface area (Å²) >= 11 is 0. The van der Waals surface area contributed by atoms with Crippen molar-refractivity contribution in [1.82, 2.24) is 14.5 Å². The normalized spacial score (nSPS) is 11.2. The summed E-state index contributed by atoms with van der Waals surface area (Å²) in [4.78, 5) is 29.7. The number of nitrogens with one attached hydrogen (secondary N) is 2. The Kier molecular flexibility index (Phi) is 5.42. The summed E-state index contributed by atoms with van der Waals surface area (Å²) < 4.78 is 1.54. The van der Waals surface area contributed by atoms with Gasteiger partial charge in [0.25, 0.3) is 5.56 Å². The molecule has 0 radical (unpaired) electrons. The molecule has 0 aliphatic rings. The Labute approximate surface area is 168 Å². The van der Waals surface area contributed by atoms with Crippen molar-refractivity contribution in [2.24, 2.45) is 0 Å². The van der Waals surface area contributed by atoms with Gasteiger partial charge in [-0.1, -0.05) is 24.3 Å². The lowest BCUT2D eigenvalue weighted by Gasteiger charge is -2.11. The molecule has 0 saturated heterocycles. The van der Waals surface area contributed by atoms with E-state index in [2.05, 4.69) is 47.6 Å². The quantitative estimate of drug-likeness (QED) is 0.372. The molecule has 2 N–H and O–H groups in total. The summed E-state index contributed by atoms with van der Waals surface area (Å²) in [5.74, 6) is 0. The van der Waals surface area contributed by atoms with Crippen molar-refractivity contribution in [2.75, 3.05) is 11.9 Å². The Hall–Kier alpha value is -3.41. The van der Waals surface area contributed by atoms with Crippen molar-refractivity contribution in [3.05, 3.63) is 81.3 Å². The highest BCUT2D eigenvalue weighted by molar-refractivity contribution is 6.07. The molecule has 148 valence electrons. The van der Waals surface area contributed by atoms with Gasteiger partial charge in [0.05, 0.1) is 5.52 Å². The lowest BCUT2D eigenvalue weighted by molar-refractivity contribution is 0.570. The predicted molar refractivity (Wildman–Crippen MR) is 118 cm³/mol. The Morgan fingerprint density at radius 1 is 0.966 bits per heavy atom. The number of hydrogen-bond acceptors (Lipinski definition) is 4. The highest BCUT2D eigenvalue weighted by Gasteiger charge is 2.06. The van der Waals surface area contributed by atoms with Crippen LogP contribution in [0.5, 0.6) is 0 Å². The lowest BCUT2D eigenvalue weighted by Crippen LogP contribution is -2.28. The third kappa shape index (κ3) is 4.21. The average Bonchev–Trinajstić information content (AvgIpc) is 2.72. The van der Waals surface area contributed by atoms with Crippen molar-refractivity contribution in [1.29, 1.82) is 0 Å². The molecule has 0 atom stereocenters. The third-order valence-corrected chi connectivity index (χ3v) is 5.19. The summed E-state index contributed by atoms with van der Waals surface area (Å²) in [5.41, 5.74) is 2.45. The molecular formula is C23H24N4O2. The monoisotopic (exact) mass is 388 g/mol. The molecule has 2 heterocycles. The molecule has 4 aromatic rings. The van der Waals surface area contributed by atoms with Crippen LogP contribution in [0.3, 0.4) is 0 Å². The zero-order valence-electron chi connectivity index (χ0n) is 16.4. The molecule has 2 aromatic carbocycles. The van der Waals surface area contributed by atoms with Crippen molar-refractivity contribution in [2.45, 2.75) is 32.7 Å². The van der Waals surface area contributed by atoms with Gasteiger partial charge >= 0.3 is 5.69 Å². The van der Waals surface area contributed by atoms with E-state index >= 15 is 0 Å². The minimum absolute atomic E-state index is 0.344. The van der Waals surface area contributed by atoms with E-state index in [9.17, 15) is 9.59 Å². The molecule has 0 amide bonds. The van der Waals surface area contributed by atoms with Gasteiger partial charge in [0, 0.05) is 47.5 Å². The van der Waals surface area contributed by atoms with Crippen molar-refractivity contribution in [3.63, 3.8) is 0 Å². The number of anilines is 1. The zero-order chi connectivity index (χ0) is 20.2. The third-order valence-electron chi connectivity index (χ3n) is 5.19. The zero-order valence-corrected chi connectivity index (χ0v) is 16.4. The number of fused-ring (bicyclic) bond motifs is 3. The van der Waals surface area contributed by atoms with Gasteiger partial charge in [0.15, 0.2) is 0 Å². The number of pyridine rings is 1. The number of unbranched alkanes of at least 4 members (excludes halogenated alkanes) is 2. The molecule has 0 spiro atoms. The Morgan fingerprint density at radius 2 is 1.83 bits per heavy atom. The van der Waals surface area contributed by atoms with Crippen LogP contribution in [0.2, 0.25) is 0 Å². The van der Waals surface area contributed by atoms with Gasteiger partial charge < -0.3 is 9.88 Å². The molecule has 0 aliphatic carbocycles. The highest BCUT2D eigenvalue weighted by atomic mass is 16.2. The first-order chi connectivity index (χ1) is 14.1. The first-order valence-electron chi connectivity index (χ1n) is 9.94. The topological polar surface area (TPSA) is 79.8 Å². The minimum atomic E-state index is -0.357. The Morgan fingerprint density at radius 3 is 2.69 bits per heavy atom. The first-order valence-corrected chi connectivity index (χ1v) is 9.94. The predicted octanol–water partition coefficient (Wildman–Crippen LogP) is 3.83. The van der Waals surface area contributed by atoms with Crippen LogP contribution in [0, 0.1) is 6.92 Å². The second kappa shape index (κ2) is 8.31. The molecule has 2 aromatic heterocycles. The summed E-state index contributed by atoms with van der Waals surface area (Å²) in [6.07, 6.45) is 4.44. The summed E-state index contributed by atoms with van der Waals surface area (Å²) in [7, 11) is 0. The maximum absolute atomic E-state index is 11.7. The van der Waals surface area contributed by atoms with E-state index in [0.29, 0.717) is 6.54 Å². The van der Waals surface area contributed by atoms with Gasteiger partial charge in [-0.15, -0.1) is 0 Å². The van der Waals surface area contributed by atoms with Crippen LogP contribution in [0.25, 0.3) is 21.7 Å². The number of rotatable bonds is 7. The molecular weight excluding hydrogens is 364 g/mol. The van der Waals surface area contributed by atoms with Gasteiger partial charge in [-0.3, -0.25) is 14.8 Å². The van der Waals surface area contributed by atoms with Crippen LogP contribution in [0.1, 0.15) is 25.0 Å². The summed E-state index contributed by atoms with van der Waals surface area (Å²) in [6.45, 7) is 3.53. The highest BCUT2D eigenvalue weighted by Crippen LogP contribution is 2.28. The van der Waals surface area contributed by atoms with Crippen molar-refractivity contribution >= 4 is 27.4 Å². The number of benzene rings is 2. The number of hydrogen-bond donors (Lipinski definition) is 2. The van der Waals surface area contributed by atoms with E-state index < -0.39 is 0 Å². The van der Waals surface area contributed by atoms with Crippen LogP contribution in [-0.2, 0) is 6.54 Å². The number of aryl methyl sites for hydroxylation is 2. The molecule has 0 fully saturated rings. The fourth-order valence-electron chi connectivity index (χ4n) is 3.67. The second-order valence-corrected chi connectivity index (χ2v) is 7.27. The van der Waals surface area contributed by atoms with Gasteiger partial charge in [0.2, 0.25) is 0 Å². The van der Waals surface area contributed by atoms with Gasteiger partial charge in [-0.05, 0) is 49.8 Å². The van der Waals surface area contributed by atoms with Gasteiger partial charge in [0.1, 0.15) is 0 Å². The summed E-state index contributed by atoms with van der Waals surface area (Å²) in [5, 5.41) is 7.06. The van der Waals surface area contributed by atoms with Gasteiger partial charge in [-0.2, -0.15) is 0 Å². The smallest absolute Gasteiger partial charge is 0.328 e. The van der Waals surface area contributed by atoms with Crippen molar-refractivity contribution in [3.8, 4) is 0 Å². The number of nitrogens with zero attached hydrogens (tertiary/aromatic N) is 2. The van der Waals surface area contributed by atoms with E-state index in [4.69, 9.17) is 4.98 Å². The van der Waals surface area contributed by atoms with Crippen LogP contribution >= 0.6 is 0 Å². The second-order valence-electron chi connectivity index (χ2n) is 7.27. The number of aromatic amines is 1. The standard InChI is InChI=1S/C23H24N4O2/c1-16-20-15-17(9-10-18(20)19-7-3-4-8-21(19)25-16)24-12-5-2-6-13-27-14-11-22(28)26-23(27)29/h3-4,7-11,14-15,24H,2,5-6,12-13H2,1H3,(H,26,28,29). The molecule has 4 rings (SSSR count). The Bertz CT molecular complexity index is 1270. The van der Waals surface area contributed by atoms with Crippen LogP contribution in [0.15, 0.2) is 64.3 Å². The van der Waals surface area contributed by atoms with E-state index in [1.807, 2.05) is 12.1 Å². The number of para-hydroxylation sites is 1. The fourth-order valence-corrected chi connectivity index (χ4v) is 3.67. The largest absolute Gasteiger partial charge is 0.385 e. The van der Waals surface area contributed by atoms with E-state index in [1.54, 1.807) is 6.20 Å². The van der Waals surface area contributed by atoms with Crippen LogP contribution in [-0.4, -0.2) is 21.1 Å². The maximum atomic E-state index is 11.7. The molecule has 29 heavy (non-hydrogen) atoms. The molecule has 0 bridgehead atoms. The van der Waals surface area contributed by atoms with E-state index in [1.165, 1.54) is 26.8 Å². The lowest BCUT2D eigenvalue weighted by atomic mass is 10.0.